The van der Waals surface area contributed by atoms with Crippen molar-refractivity contribution in [3.05, 3.63) is 16.5 Å². The van der Waals surface area contributed by atoms with Gasteiger partial charge < -0.3 is 0 Å². The van der Waals surface area contributed by atoms with Gasteiger partial charge >= 0.3 is 0 Å². The van der Waals surface area contributed by atoms with Crippen molar-refractivity contribution in [2.45, 2.75) is 86.0 Å². The Morgan fingerprint density at radius 1 is 1.17 bits per heavy atom. The molecule has 0 spiro atoms. The van der Waals surface area contributed by atoms with Crippen LogP contribution in [0.4, 0.5) is 0 Å². The van der Waals surface area contributed by atoms with Crippen LogP contribution in [-0.4, -0.2) is 12.8 Å². The Morgan fingerprint density at radius 2 is 1.93 bits per heavy atom. The maximum Gasteiger partial charge on any atom is 0.280 e. The number of hydrogen-bond donors (Lipinski definition) is 0. The summed E-state index contributed by atoms with van der Waals surface area (Å²) in [6.07, 6.45) is 11.8. The van der Waals surface area contributed by atoms with Gasteiger partial charge in [-0.05, 0) is 97.9 Å². The van der Waals surface area contributed by atoms with Gasteiger partial charge in [-0.3, -0.25) is 4.79 Å². The summed E-state index contributed by atoms with van der Waals surface area (Å²) >= 11 is 0. The van der Waals surface area contributed by atoms with E-state index in [1.54, 1.807) is 0 Å². The van der Waals surface area contributed by atoms with Crippen LogP contribution in [-0.2, 0) is 4.79 Å². The highest BCUT2D eigenvalue weighted by molar-refractivity contribution is 5.91. The summed E-state index contributed by atoms with van der Waals surface area (Å²) in [5.41, 5.74) is 2.17. The molecule has 5 aliphatic carbocycles. The number of carbonyl (C=O) groups is 1. The third-order valence-electron chi connectivity index (χ3n) is 10.0. The van der Waals surface area contributed by atoms with Gasteiger partial charge in [0.15, 0.2) is 5.78 Å². The second kappa shape index (κ2) is 7.55. The number of allylic oxidation sites excluding steroid dienone is 1. The van der Waals surface area contributed by atoms with Crippen molar-refractivity contribution in [3.63, 3.8) is 0 Å². The monoisotopic (exact) mass is 396 g/mol. The SMILES string of the molecule is CC.CCC12CCC3C4CCC(=O)C=C4CC(C)C3[C@@H]1C1CC1[C@@]2(C#[N+]C)CC. The molecule has 0 aromatic carbocycles. The number of ketones is 1. The van der Waals surface area contributed by atoms with E-state index in [4.69, 9.17) is 0 Å². The second-order valence-corrected chi connectivity index (χ2v) is 10.5. The fourth-order valence-corrected chi connectivity index (χ4v) is 9.32. The molecular weight excluding hydrogens is 354 g/mol. The van der Waals surface area contributed by atoms with Crippen molar-refractivity contribution in [1.82, 2.24) is 0 Å². The third-order valence-corrected chi connectivity index (χ3v) is 10.0. The Kier molecular flexibility index (Phi) is 5.50. The standard InChI is InChI=1S/C25H36NO.C2H6/c1-5-24-10-9-19-18-8-7-17(27)12-16(18)11-15(3)22(19)23(24)20-13-21(20)25(24,6-2)14-26-4;1-2/h12,15,18-23H,5-11,13H2,1-4H3;1-2H3/q+1;/t15?,18?,19?,20?,21?,22?,23-,24?,25-;/m0./s1. The number of hydrogen-bond acceptors (Lipinski definition) is 1. The number of rotatable bonds is 2. The molecule has 2 heteroatoms. The lowest BCUT2D eigenvalue weighted by Crippen LogP contribution is -2.54. The number of fused-ring (bicyclic) bond motifs is 7. The molecule has 0 N–H and O–H groups in total. The average molecular weight is 397 g/mol. The first-order chi connectivity index (χ1) is 14.0. The molecule has 29 heavy (non-hydrogen) atoms. The van der Waals surface area contributed by atoms with E-state index in [0.717, 1.165) is 48.3 Å². The van der Waals surface area contributed by atoms with Gasteiger partial charge in [-0.25, -0.2) is 0 Å². The summed E-state index contributed by atoms with van der Waals surface area (Å²) in [5.74, 6) is 6.13. The van der Waals surface area contributed by atoms with Gasteiger partial charge in [0.05, 0.1) is 0 Å². The van der Waals surface area contributed by atoms with Crippen molar-refractivity contribution in [2.24, 2.45) is 52.3 Å². The van der Waals surface area contributed by atoms with Gasteiger partial charge in [-0.15, -0.1) is 0 Å². The first-order valence-corrected chi connectivity index (χ1v) is 12.6. The summed E-state index contributed by atoms with van der Waals surface area (Å²) in [5, 5.41) is 0. The van der Waals surface area contributed by atoms with Crippen LogP contribution in [0.25, 0.3) is 4.85 Å². The highest BCUT2D eigenvalue weighted by Crippen LogP contribution is 2.81. The molecule has 0 radical (unpaired) electrons. The van der Waals surface area contributed by atoms with Crippen molar-refractivity contribution in [3.8, 4) is 6.07 Å². The molecule has 0 bridgehead atoms. The predicted molar refractivity (Wildman–Crippen MR) is 121 cm³/mol. The predicted octanol–water partition coefficient (Wildman–Crippen LogP) is 7.01. The molecule has 5 rings (SSSR count). The molecule has 4 saturated carbocycles. The van der Waals surface area contributed by atoms with E-state index in [9.17, 15) is 4.79 Å². The maximum atomic E-state index is 12.0. The summed E-state index contributed by atoms with van der Waals surface area (Å²) < 4.78 is 0. The van der Waals surface area contributed by atoms with Gasteiger partial charge in [-0.1, -0.05) is 45.0 Å². The smallest absolute Gasteiger partial charge is 0.280 e. The van der Waals surface area contributed by atoms with Crippen molar-refractivity contribution >= 4 is 5.78 Å². The average Bonchev–Trinajstić information content (AvgIpc) is 3.49. The van der Waals surface area contributed by atoms with E-state index in [0.29, 0.717) is 17.1 Å². The minimum absolute atomic E-state index is 0.231. The minimum Gasteiger partial charge on any atom is -0.295 e. The van der Waals surface area contributed by atoms with Crippen molar-refractivity contribution in [2.75, 3.05) is 7.05 Å². The van der Waals surface area contributed by atoms with Crippen LogP contribution in [0.15, 0.2) is 11.6 Å². The molecule has 0 aromatic heterocycles. The van der Waals surface area contributed by atoms with Gasteiger partial charge in [0, 0.05) is 6.42 Å². The van der Waals surface area contributed by atoms with Crippen LogP contribution in [0.1, 0.15) is 86.0 Å². The van der Waals surface area contributed by atoms with Gasteiger partial charge in [0.1, 0.15) is 5.41 Å². The molecule has 0 heterocycles. The van der Waals surface area contributed by atoms with Crippen LogP contribution in [0, 0.1) is 58.3 Å². The van der Waals surface area contributed by atoms with E-state index in [1.165, 1.54) is 44.1 Å². The third kappa shape index (κ3) is 2.68. The van der Waals surface area contributed by atoms with Crippen molar-refractivity contribution in [1.29, 1.82) is 0 Å². The van der Waals surface area contributed by atoms with Gasteiger partial charge in [0.25, 0.3) is 13.1 Å². The molecule has 7 unspecified atom stereocenters. The summed E-state index contributed by atoms with van der Waals surface area (Å²) in [7, 11) is 1.94. The van der Waals surface area contributed by atoms with E-state index in [-0.39, 0.29) is 5.41 Å². The fourth-order valence-electron chi connectivity index (χ4n) is 9.32. The quantitative estimate of drug-likeness (QED) is 0.492. The lowest BCUT2D eigenvalue weighted by atomic mass is 9.44. The van der Waals surface area contributed by atoms with Crippen LogP contribution in [0.2, 0.25) is 0 Å². The lowest BCUT2D eigenvalue weighted by Gasteiger charge is -2.59. The van der Waals surface area contributed by atoms with E-state index in [2.05, 4.69) is 31.7 Å². The van der Waals surface area contributed by atoms with Crippen LogP contribution < -0.4 is 0 Å². The Bertz CT molecular complexity index is 756. The molecule has 5 aliphatic rings. The van der Waals surface area contributed by atoms with Crippen LogP contribution in [0.3, 0.4) is 0 Å². The normalized spacial score (nSPS) is 49.1. The zero-order valence-electron chi connectivity index (χ0n) is 19.6. The molecule has 0 aromatic rings. The zero-order chi connectivity index (χ0) is 21.0. The minimum atomic E-state index is 0.231. The zero-order valence-corrected chi connectivity index (χ0v) is 19.6. The highest BCUT2D eigenvalue weighted by atomic mass is 16.1. The number of carbonyl (C=O) groups excluding carboxylic acids is 1. The molecule has 0 amide bonds. The Hall–Kier alpha value is -1.10. The van der Waals surface area contributed by atoms with Crippen molar-refractivity contribution < 1.29 is 4.79 Å². The van der Waals surface area contributed by atoms with Crippen LogP contribution in [0.5, 0.6) is 0 Å². The molecule has 4 fully saturated rings. The molecule has 160 valence electrons. The van der Waals surface area contributed by atoms with E-state index >= 15 is 0 Å². The summed E-state index contributed by atoms with van der Waals surface area (Å²) in [4.78, 5) is 16.5. The summed E-state index contributed by atoms with van der Waals surface area (Å²) in [6, 6.07) is 3.73. The molecular formula is C27H42NO+. The largest absolute Gasteiger partial charge is 0.295 e. The summed E-state index contributed by atoms with van der Waals surface area (Å²) in [6.45, 7) is 11.4. The Balaban J connectivity index is 0.000000994. The van der Waals surface area contributed by atoms with E-state index < -0.39 is 0 Å². The highest BCUT2D eigenvalue weighted by Gasteiger charge is 2.78. The fraction of sp³-hybridized carbons (Fsp3) is 0.852. The van der Waals surface area contributed by atoms with Crippen LogP contribution >= 0.6 is 0 Å². The molecule has 0 saturated heterocycles. The first-order valence-electron chi connectivity index (χ1n) is 12.6. The topological polar surface area (TPSA) is 21.4 Å². The molecule has 0 aliphatic heterocycles. The van der Waals surface area contributed by atoms with Gasteiger partial charge in [-0.2, -0.15) is 0 Å². The van der Waals surface area contributed by atoms with E-state index in [1.807, 2.05) is 27.0 Å². The maximum absolute atomic E-state index is 12.0. The Morgan fingerprint density at radius 3 is 2.59 bits per heavy atom. The Labute approximate surface area is 178 Å². The van der Waals surface area contributed by atoms with Gasteiger partial charge in [0.2, 0.25) is 0 Å². The second-order valence-electron chi connectivity index (χ2n) is 10.5. The molecule has 9 atom stereocenters. The first kappa shape index (κ1) is 21.1. The molecule has 2 nitrogen and oxygen atoms in total. The lowest BCUT2D eigenvalue weighted by molar-refractivity contribution is -0.117. The number of nitrogens with zero attached hydrogens (tertiary/aromatic N) is 1.